The molecule has 218 valence electrons. The first-order chi connectivity index (χ1) is 18.1. The number of hydrogen-bond donors (Lipinski definition) is 2. The van der Waals surface area contributed by atoms with Crippen LogP contribution in [0.4, 0.5) is 26.3 Å². The summed E-state index contributed by atoms with van der Waals surface area (Å²) in [6.45, 7) is 6.63. The van der Waals surface area contributed by atoms with Crippen molar-refractivity contribution in [2.75, 3.05) is 26.3 Å². The Morgan fingerprint density at radius 1 is 1.21 bits per heavy atom. The topological polar surface area (TPSA) is 122 Å². The van der Waals surface area contributed by atoms with Gasteiger partial charge in [0.05, 0.1) is 29.6 Å². The van der Waals surface area contributed by atoms with Gasteiger partial charge in [-0.15, -0.1) is 11.3 Å². The Balaban J connectivity index is 0.000000317. The Labute approximate surface area is 223 Å². The van der Waals surface area contributed by atoms with Gasteiger partial charge in [0.25, 0.3) is 0 Å². The second kappa shape index (κ2) is 13.9. The van der Waals surface area contributed by atoms with Crippen LogP contribution in [0, 0.1) is 12.3 Å². The van der Waals surface area contributed by atoms with E-state index < -0.39 is 24.3 Å². The molecule has 2 N–H and O–H groups in total. The van der Waals surface area contributed by atoms with Crippen LogP contribution in [-0.2, 0) is 20.9 Å². The van der Waals surface area contributed by atoms with E-state index in [1.807, 2.05) is 12.1 Å². The number of aromatic nitrogens is 2. The minimum Gasteiger partial charge on any atom is -0.491 e. The Morgan fingerprint density at radius 3 is 2.36 bits per heavy atom. The van der Waals surface area contributed by atoms with Gasteiger partial charge in [0.1, 0.15) is 5.75 Å². The summed E-state index contributed by atoms with van der Waals surface area (Å²) in [6, 6.07) is 3.89. The van der Waals surface area contributed by atoms with Crippen LogP contribution >= 0.6 is 11.3 Å². The molecule has 0 aliphatic carbocycles. The van der Waals surface area contributed by atoms with E-state index in [1.165, 1.54) is 5.69 Å². The van der Waals surface area contributed by atoms with E-state index >= 15 is 0 Å². The standard InChI is InChI=1S/C19H25N3O2S.2C2HF3O2/c1-15-21-16(12-25-15)11-22-8-5-18-19(13-22,6-3-9-23-18)14-24-17-4-2-7-20-10-17;2*3-2(4,5)1(6)7/h2,4,7,10,12,18H,3,5-6,8-9,11,13-14H2,1H3;2*(H,6,7). The fraction of sp³-hybridized carbons (Fsp3) is 0.565. The van der Waals surface area contributed by atoms with Crippen LogP contribution in [0.25, 0.3) is 0 Å². The molecule has 16 heteroatoms. The third-order valence-corrected chi connectivity index (χ3v) is 6.59. The Hall–Kier alpha value is -2.98. The van der Waals surface area contributed by atoms with Gasteiger partial charge in [-0.25, -0.2) is 14.6 Å². The first-order valence-electron chi connectivity index (χ1n) is 11.5. The maximum atomic E-state index is 10.6. The van der Waals surface area contributed by atoms with Crippen molar-refractivity contribution in [3.63, 3.8) is 0 Å². The maximum absolute atomic E-state index is 10.6. The number of aryl methyl sites for hydroxylation is 1. The monoisotopic (exact) mass is 587 g/mol. The van der Waals surface area contributed by atoms with Gasteiger partial charge >= 0.3 is 24.3 Å². The number of likely N-dealkylation sites (tertiary alicyclic amines) is 1. The van der Waals surface area contributed by atoms with E-state index in [4.69, 9.17) is 29.3 Å². The normalized spacial score (nSPS) is 21.4. The molecule has 0 spiro atoms. The molecule has 39 heavy (non-hydrogen) atoms. The van der Waals surface area contributed by atoms with Gasteiger partial charge in [-0.3, -0.25) is 9.88 Å². The summed E-state index contributed by atoms with van der Waals surface area (Å²) in [5, 5.41) is 17.6. The predicted octanol–water partition coefficient (Wildman–Crippen LogP) is 4.56. The van der Waals surface area contributed by atoms with E-state index in [1.54, 1.807) is 23.7 Å². The number of piperidine rings is 1. The predicted molar refractivity (Wildman–Crippen MR) is 125 cm³/mol. The summed E-state index contributed by atoms with van der Waals surface area (Å²) in [5.41, 5.74) is 1.25. The maximum Gasteiger partial charge on any atom is 0.490 e. The Morgan fingerprint density at radius 2 is 1.85 bits per heavy atom. The van der Waals surface area contributed by atoms with Crippen molar-refractivity contribution >= 4 is 23.3 Å². The third-order valence-electron chi connectivity index (χ3n) is 5.76. The number of fused-ring (bicyclic) bond motifs is 1. The van der Waals surface area contributed by atoms with Gasteiger partial charge < -0.3 is 19.7 Å². The van der Waals surface area contributed by atoms with Crippen LogP contribution in [0.5, 0.6) is 5.75 Å². The molecule has 2 aromatic heterocycles. The third kappa shape index (κ3) is 10.6. The minimum absolute atomic E-state index is 0.0669. The van der Waals surface area contributed by atoms with Crippen LogP contribution < -0.4 is 4.74 Å². The molecule has 2 fully saturated rings. The number of carbonyl (C=O) groups is 2. The molecule has 0 amide bonds. The number of carboxylic acids is 2. The average molecular weight is 588 g/mol. The van der Waals surface area contributed by atoms with E-state index in [0.29, 0.717) is 12.7 Å². The fourth-order valence-corrected chi connectivity index (χ4v) is 4.70. The number of halogens is 6. The number of aliphatic carboxylic acids is 2. The Kier molecular flexibility index (Phi) is 11.5. The molecule has 4 rings (SSSR count). The van der Waals surface area contributed by atoms with E-state index in [-0.39, 0.29) is 5.41 Å². The molecule has 2 aliphatic rings. The molecular weight excluding hydrogens is 560 g/mol. The van der Waals surface area contributed by atoms with Crippen LogP contribution in [0.15, 0.2) is 29.9 Å². The van der Waals surface area contributed by atoms with Crippen molar-refractivity contribution < 1.29 is 55.6 Å². The van der Waals surface area contributed by atoms with E-state index in [2.05, 4.69) is 27.2 Å². The highest BCUT2D eigenvalue weighted by Crippen LogP contribution is 2.41. The lowest BCUT2D eigenvalue weighted by molar-refractivity contribution is -0.193. The quantitative estimate of drug-likeness (QED) is 0.485. The van der Waals surface area contributed by atoms with Gasteiger partial charge in [-0.1, -0.05) is 0 Å². The van der Waals surface area contributed by atoms with Crippen molar-refractivity contribution in [2.45, 2.75) is 51.2 Å². The molecule has 2 atom stereocenters. The fourth-order valence-electron chi connectivity index (χ4n) is 4.10. The van der Waals surface area contributed by atoms with Gasteiger partial charge in [0, 0.05) is 43.2 Å². The number of carboxylic acid groups (broad SMARTS) is 2. The zero-order valence-corrected chi connectivity index (χ0v) is 21.5. The average Bonchev–Trinajstić information content (AvgIpc) is 3.27. The number of thiazole rings is 1. The summed E-state index contributed by atoms with van der Waals surface area (Å²) < 4.78 is 75.7. The van der Waals surface area contributed by atoms with Crippen molar-refractivity contribution in [3.8, 4) is 5.75 Å². The largest absolute Gasteiger partial charge is 0.491 e. The lowest BCUT2D eigenvalue weighted by atomic mass is 9.73. The summed E-state index contributed by atoms with van der Waals surface area (Å²) >= 11 is 1.73. The van der Waals surface area contributed by atoms with Crippen molar-refractivity contribution in [2.24, 2.45) is 5.41 Å². The number of alkyl halides is 6. The second-order valence-corrected chi connectivity index (χ2v) is 9.83. The number of rotatable bonds is 5. The van der Waals surface area contributed by atoms with Crippen molar-refractivity contribution in [3.05, 3.63) is 40.6 Å². The molecule has 0 bridgehead atoms. The zero-order valence-electron chi connectivity index (χ0n) is 20.7. The summed E-state index contributed by atoms with van der Waals surface area (Å²) in [4.78, 5) is 29.1. The first kappa shape index (κ1) is 32.2. The summed E-state index contributed by atoms with van der Waals surface area (Å²) in [7, 11) is 0. The molecule has 0 radical (unpaired) electrons. The molecule has 2 aliphatic heterocycles. The van der Waals surface area contributed by atoms with E-state index in [9.17, 15) is 26.3 Å². The minimum atomic E-state index is -5.08. The molecule has 2 saturated heterocycles. The number of nitrogens with zero attached hydrogens (tertiary/aromatic N) is 3. The van der Waals surface area contributed by atoms with Crippen LogP contribution in [0.2, 0.25) is 0 Å². The summed E-state index contributed by atoms with van der Waals surface area (Å²) in [5.74, 6) is -4.67. The molecule has 9 nitrogen and oxygen atoms in total. The van der Waals surface area contributed by atoms with Crippen LogP contribution in [0.1, 0.15) is 30.0 Å². The van der Waals surface area contributed by atoms with Gasteiger partial charge in [0.15, 0.2) is 0 Å². The highest BCUT2D eigenvalue weighted by Gasteiger charge is 2.46. The molecule has 2 aromatic rings. The molecule has 4 heterocycles. The highest BCUT2D eigenvalue weighted by molar-refractivity contribution is 7.09. The first-order valence-corrected chi connectivity index (χ1v) is 12.4. The number of hydrogen-bond acceptors (Lipinski definition) is 8. The van der Waals surface area contributed by atoms with Gasteiger partial charge in [-0.05, 0) is 38.3 Å². The van der Waals surface area contributed by atoms with Gasteiger partial charge in [-0.2, -0.15) is 26.3 Å². The zero-order chi connectivity index (χ0) is 29.3. The van der Waals surface area contributed by atoms with Crippen molar-refractivity contribution in [1.29, 1.82) is 0 Å². The number of ether oxygens (including phenoxy) is 2. The lowest BCUT2D eigenvalue weighted by Gasteiger charge is -2.50. The van der Waals surface area contributed by atoms with Gasteiger partial charge in [0.2, 0.25) is 0 Å². The molecular formula is C23H27F6N3O6S. The molecule has 2 unspecified atom stereocenters. The molecule has 0 aromatic carbocycles. The lowest BCUT2D eigenvalue weighted by Crippen LogP contribution is -2.57. The smallest absolute Gasteiger partial charge is 0.490 e. The summed E-state index contributed by atoms with van der Waals surface area (Å²) in [6.07, 6.45) is -2.98. The van der Waals surface area contributed by atoms with Crippen LogP contribution in [0.3, 0.4) is 0 Å². The van der Waals surface area contributed by atoms with Crippen LogP contribution in [-0.4, -0.2) is 81.8 Å². The number of pyridine rings is 1. The SMILES string of the molecule is Cc1nc(CN2CCC3OCCCC3(COc3cccnc3)C2)cs1.O=C(O)C(F)(F)F.O=C(O)C(F)(F)F. The van der Waals surface area contributed by atoms with E-state index in [0.717, 1.165) is 56.3 Å². The Bertz CT molecular complexity index is 1040. The second-order valence-electron chi connectivity index (χ2n) is 8.77. The van der Waals surface area contributed by atoms with Crippen molar-refractivity contribution in [1.82, 2.24) is 14.9 Å². The highest BCUT2D eigenvalue weighted by atomic mass is 32.1. The molecule has 0 saturated carbocycles.